The van der Waals surface area contributed by atoms with E-state index in [9.17, 15) is 9.59 Å². The van der Waals surface area contributed by atoms with Crippen molar-refractivity contribution in [1.29, 1.82) is 0 Å². The molecule has 1 aliphatic rings. The number of para-hydroxylation sites is 1. The Balaban J connectivity index is 1.56. The van der Waals surface area contributed by atoms with Crippen LogP contribution in [0.15, 0.2) is 30.3 Å². The van der Waals surface area contributed by atoms with Gasteiger partial charge in [-0.1, -0.05) is 18.2 Å². The summed E-state index contributed by atoms with van der Waals surface area (Å²) in [7, 11) is 0. The van der Waals surface area contributed by atoms with Crippen molar-refractivity contribution in [2.24, 2.45) is 5.92 Å². The molecular formula is C22H31N5O2. The molecule has 1 aromatic heterocycles. The van der Waals surface area contributed by atoms with E-state index in [1.165, 1.54) is 0 Å². The average Bonchev–Trinajstić information content (AvgIpc) is 3.01. The molecule has 0 aliphatic carbocycles. The molecular weight excluding hydrogens is 366 g/mol. The Morgan fingerprint density at radius 1 is 1.21 bits per heavy atom. The quantitative estimate of drug-likeness (QED) is 0.753. The molecule has 1 fully saturated rings. The molecule has 7 nitrogen and oxygen atoms in total. The van der Waals surface area contributed by atoms with Gasteiger partial charge in [0, 0.05) is 26.1 Å². The van der Waals surface area contributed by atoms with Crippen LogP contribution < -0.4 is 10.6 Å². The van der Waals surface area contributed by atoms with Crippen LogP contribution in [0.25, 0.3) is 5.69 Å². The molecule has 0 saturated carbocycles. The highest BCUT2D eigenvalue weighted by molar-refractivity contribution is 5.92. The first-order chi connectivity index (χ1) is 14.0. The number of aromatic nitrogens is 2. The maximum atomic E-state index is 12.6. The molecule has 2 aromatic rings. The summed E-state index contributed by atoms with van der Waals surface area (Å²) >= 11 is 0. The number of rotatable bonds is 7. The number of nitrogens with one attached hydrogen (secondary N) is 2. The predicted molar refractivity (Wildman–Crippen MR) is 114 cm³/mol. The van der Waals surface area contributed by atoms with Gasteiger partial charge in [-0.2, -0.15) is 5.10 Å². The highest BCUT2D eigenvalue weighted by Crippen LogP contribution is 2.23. The molecule has 1 unspecified atom stereocenters. The Hall–Kier alpha value is -2.67. The summed E-state index contributed by atoms with van der Waals surface area (Å²) in [6.07, 6.45) is 2.31. The molecule has 1 aliphatic heterocycles. The van der Waals surface area contributed by atoms with Crippen LogP contribution in [0.4, 0.5) is 5.69 Å². The number of anilines is 1. The van der Waals surface area contributed by atoms with Crippen molar-refractivity contribution >= 4 is 17.5 Å². The molecule has 0 bridgehead atoms. The van der Waals surface area contributed by atoms with Gasteiger partial charge in [-0.25, -0.2) is 4.68 Å². The number of hydrogen-bond donors (Lipinski definition) is 2. The number of hydrogen-bond acceptors (Lipinski definition) is 4. The Morgan fingerprint density at radius 3 is 2.69 bits per heavy atom. The van der Waals surface area contributed by atoms with Crippen molar-refractivity contribution in [1.82, 2.24) is 20.0 Å². The second-order valence-corrected chi connectivity index (χ2v) is 7.63. The van der Waals surface area contributed by atoms with Crippen LogP contribution in [-0.2, 0) is 9.59 Å². The molecule has 2 N–H and O–H groups in total. The standard InChI is InChI=1S/C22H31N5O2/c1-4-23-22(29)18-9-8-13-26(15-18)14-12-20(28)24-21-16(2)25-27(17(21)3)19-10-6-5-7-11-19/h5-7,10-11,18H,4,8-9,12-15H2,1-3H3,(H,23,29)(H,24,28). The number of piperidine rings is 1. The van der Waals surface area contributed by atoms with Gasteiger partial charge in [-0.05, 0) is 52.3 Å². The Morgan fingerprint density at radius 2 is 1.97 bits per heavy atom. The topological polar surface area (TPSA) is 79.3 Å². The second-order valence-electron chi connectivity index (χ2n) is 7.63. The van der Waals surface area contributed by atoms with Crippen molar-refractivity contribution < 1.29 is 9.59 Å². The van der Waals surface area contributed by atoms with Crippen molar-refractivity contribution in [3.05, 3.63) is 41.7 Å². The highest BCUT2D eigenvalue weighted by atomic mass is 16.2. The number of aryl methyl sites for hydroxylation is 1. The Labute approximate surface area is 172 Å². The largest absolute Gasteiger partial charge is 0.356 e. The van der Waals surface area contributed by atoms with Crippen molar-refractivity contribution in [3.63, 3.8) is 0 Å². The van der Waals surface area contributed by atoms with Crippen molar-refractivity contribution in [2.45, 2.75) is 40.0 Å². The molecule has 0 radical (unpaired) electrons. The fourth-order valence-corrected chi connectivity index (χ4v) is 3.90. The summed E-state index contributed by atoms with van der Waals surface area (Å²) in [5.74, 6) is 0.130. The number of carbonyl (C=O) groups excluding carboxylic acids is 2. The minimum Gasteiger partial charge on any atom is -0.356 e. The molecule has 2 heterocycles. The molecule has 1 atom stereocenters. The molecule has 156 valence electrons. The monoisotopic (exact) mass is 397 g/mol. The van der Waals surface area contributed by atoms with Crippen LogP contribution in [0.2, 0.25) is 0 Å². The summed E-state index contributed by atoms with van der Waals surface area (Å²) in [4.78, 5) is 26.9. The van der Waals surface area contributed by atoms with Gasteiger partial charge in [0.1, 0.15) is 0 Å². The fourth-order valence-electron chi connectivity index (χ4n) is 3.90. The molecule has 29 heavy (non-hydrogen) atoms. The van der Waals surface area contributed by atoms with Crippen LogP contribution in [0.5, 0.6) is 0 Å². The minimum atomic E-state index is -0.0241. The summed E-state index contributed by atoms with van der Waals surface area (Å²) in [5, 5.41) is 10.5. The van der Waals surface area contributed by atoms with E-state index in [0.29, 0.717) is 19.5 Å². The van der Waals surface area contributed by atoms with E-state index in [1.54, 1.807) is 0 Å². The first kappa shape index (κ1) is 21.0. The zero-order chi connectivity index (χ0) is 20.8. The maximum Gasteiger partial charge on any atom is 0.225 e. The van der Waals surface area contributed by atoms with Crippen LogP contribution >= 0.6 is 0 Å². The lowest BCUT2D eigenvalue weighted by atomic mass is 9.97. The van der Waals surface area contributed by atoms with Gasteiger partial charge in [0.05, 0.1) is 28.7 Å². The second kappa shape index (κ2) is 9.69. The SMILES string of the molecule is CCNC(=O)C1CCCN(CCC(=O)Nc2c(C)nn(-c3ccccc3)c2C)C1. The number of amides is 2. The molecule has 2 amide bonds. The van der Waals surface area contributed by atoms with E-state index in [1.807, 2.05) is 55.8 Å². The van der Waals surface area contributed by atoms with Gasteiger partial charge < -0.3 is 15.5 Å². The normalized spacial score (nSPS) is 17.1. The number of nitrogens with zero attached hydrogens (tertiary/aromatic N) is 3. The lowest BCUT2D eigenvalue weighted by molar-refractivity contribution is -0.126. The van der Waals surface area contributed by atoms with Crippen LogP contribution in [0, 0.1) is 19.8 Å². The third-order valence-corrected chi connectivity index (χ3v) is 5.44. The summed E-state index contributed by atoms with van der Waals surface area (Å²) in [6.45, 7) is 8.79. The molecule has 7 heteroatoms. The number of carbonyl (C=O) groups is 2. The van der Waals surface area contributed by atoms with Gasteiger partial charge in [0.15, 0.2) is 0 Å². The Bertz CT molecular complexity index is 846. The van der Waals surface area contributed by atoms with Gasteiger partial charge in [0.2, 0.25) is 11.8 Å². The van der Waals surface area contributed by atoms with Crippen molar-refractivity contribution in [3.8, 4) is 5.69 Å². The van der Waals surface area contributed by atoms with E-state index >= 15 is 0 Å². The first-order valence-corrected chi connectivity index (χ1v) is 10.4. The predicted octanol–water partition coefficient (Wildman–Crippen LogP) is 2.67. The van der Waals surface area contributed by atoms with Gasteiger partial charge in [-0.15, -0.1) is 0 Å². The zero-order valence-electron chi connectivity index (χ0n) is 17.6. The molecule has 3 rings (SSSR count). The van der Waals surface area contributed by atoms with E-state index in [4.69, 9.17) is 0 Å². The first-order valence-electron chi connectivity index (χ1n) is 10.4. The minimum absolute atomic E-state index is 0.0241. The summed E-state index contributed by atoms with van der Waals surface area (Å²) in [6, 6.07) is 9.89. The van der Waals surface area contributed by atoms with Crippen LogP contribution in [0.1, 0.15) is 37.6 Å². The zero-order valence-corrected chi connectivity index (χ0v) is 17.6. The van der Waals surface area contributed by atoms with Crippen LogP contribution in [-0.4, -0.2) is 52.7 Å². The number of benzene rings is 1. The van der Waals surface area contributed by atoms with Gasteiger partial charge in [-0.3, -0.25) is 9.59 Å². The third-order valence-electron chi connectivity index (χ3n) is 5.44. The fraction of sp³-hybridized carbons (Fsp3) is 0.500. The lowest BCUT2D eigenvalue weighted by Gasteiger charge is -2.31. The van der Waals surface area contributed by atoms with E-state index in [0.717, 1.165) is 48.7 Å². The molecule has 1 aromatic carbocycles. The van der Waals surface area contributed by atoms with E-state index in [-0.39, 0.29) is 17.7 Å². The maximum absolute atomic E-state index is 12.6. The number of likely N-dealkylation sites (tertiary alicyclic amines) is 1. The Kier molecular flexibility index (Phi) is 7.04. The van der Waals surface area contributed by atoms with Crippen molar-refractivity contribution in [2.75, 3.05) is 31.5 Å². The average molecular weight is 398 g/mol. The van der Waals surface area contributed by atoms with E-state index < -0.39 is 0 Å². The van der Waals surface area contributed by atoms with Gasteiger partial charge >= 0.3 is 0 Å². The smallest absolute Gasteiger partial charge is 0.225 e. The summed E-state index contributed by atoms with van der Waals surface area (Å²) in [5.41, 5.74) is 3.46. The van der Waals surface area contributed by atoms with Gasteiger partial charge in [0.25, 0.3) is 0 Å². The summed E-state index contributed by atoms with van der Waals surface area (Å²) < 4.78 is 1.85. The highest BCUT2D eigenvalue weighted by Gasteiger charge is 2.25. The molecule has 0 spiro atoms. The van der Waals surface area contributed by atoms with E-state index in [2.05, 4.69) is 20.6 Å². The van der Waals surface area contributed by atoms with Crippen LogP contribution in [0.3, 0.4) is 0 Å². The molecule has 1 saturated heterocycles. The lowest BCUT2D eigenvalue weighted by Crippen LogP contribution is -2.43. The third kappa shape index (κ3) is 5.23.